The monoisotopic (exact) mass is 400 g/mol. The lowest BCUT2D eigenvalue weighted by atomic mass is 10.2. The zero-order valence-corrected chi connectivity index (χ0v) is 16.0. The Kier molecular flexibility index (Phi) is 6.19. The van der Waals surface area contributed by atoms with E-state index >= 15 is 0 Å². The molecule has 3 heterocycles. The Balaban J connectivity index is 1.55. The quantitative estimate of drug-likeness (QED) is 0.756. The standard InChI is InChI=1S/C17H22Cl2N4O3/c18-12-11-20-23(17(26)15(12)19)10-4-6-14(24)22-9-3-5-13(22)16(25)21-7-1-2-8-21/h11,13H,1-10H2/t13-/m0/s1. The van der Waals surface area contributed by atoms with Gasteiger partial charge in [-0.2, -0.15) is 5.10 Å². The molecule has 2 fully saturated rings. The van der Waals surface area contributed by atoms with Crippen LogP contribution < -0.4 is 5.56 Å². The molecule has 0 N–H and O–H groups in total. The van der Waals surface area contributed by atoms with Crippen molar-refractivity contribution in [2.75, 3.05) is 19.6 Å². The van der Waals surface area contributed by atoms with Crippen molar-refractivity contribution < 1.29 is 9.59 Å². The number of amides is 2. The molecule has 0 bridgehead atoms. The van der Waals surface area contributed by atoms with Gasteiger partial charge in [0.25, 0.3) is 5.56 Å². The zero-order valence-electron chi connectivity index (χ0n) is 14.5. The number of likely N-dealkylation sites (tertiary alicyclic amines) is 2. The Morgan fingerprint density at radius 2 is 1.88 bits per heavy atom. The largest absolute Gasteiger partial charge is 0.341 e. The fourth-order valence-electron chi connectivity index (χ4n) is 3.60. The minimum atomic E-state index is -0.463. The Morgan fingerprint density at radius 3 is 2.62 bits per heavy atom. The summed E-state index contributed by atoms with van der Waals surface area (Å²) in [6, 6.07) is -0.327. The van der Waals surface area contributed by atoms with E-state index in [1.54, 1.807) is 4.90 Å². The van der Waals surface area contributed by atoms with Gasteiger partial charge in [-0.05, 0) is 32.1 Å². The maximum absolute atomic E-state index is 12.6. The van der Waals surface area contributed by atoms with E-state index in [-0.39, 0.29) is 40.9 Å². The summed E-state index contributed by atoms with van der Waals surface area (Å²) >= 11 is 11.6. The first-order chi connectivity index (χ1) is 12.5. The third-order valence-electron chi connectivity index (χ3n) is 4.98. The number of hydrogen-bond acceptors (Lipinski definition) is 4. The molecular weight excluding hydrogens is 379 g/mol. The van der Waals surface area contributed by atoms with Crippen molar-refractivity contribution in [3.05, 3.63) is 26.6 Å². The lowest BCUT2D eigenvalue weighted by molar-refractivity contribution is -0.143. The highest BCUT2D eigenvalue weighted by Crippen LogP contribution is 2.23. The summed E-state index contributed by atoms with van der Waals surface area (Å²) in [5, 5.41) is 3.98. The van der Waals surface area contributed by atoms with Gasteiger partial charge in [-0.25, -0.2) is 4.68 Å². The molecule has 0 unspecified atom stereocenters. The SMILES string of the molecule is O=C([C@@H]1CCCN1C(=O)CCCn1ncc(Cl)c(Cl)c1=O)N1CCCC1. The first-order valence-electron chi connectivity index (χ1n) is 8.98. The summed E-state index contributed by atoms with van der Waals surface area (Å²) < 4.78 is 1.21. The number of carbonyl (C=O) groups is 2. The lowest BCUT2D eigenvalue weighted by Crippen LogP contribution is -2.47. The average Bonchev–Trinajstić information content (AvgIpc) is 3.32. The second kappa shape index (κ2) is 8.39. The molecule has 1 aromatic heterocycles. The molecule has 2 amide bonds. The van der Waals surface area contributed by atoms with Crippen LogP contribution in [-0.2, 0) is 16.1 Å². The second-order valence-electron chi connectivity index (χ2n) is 6.72. The molecule has 2 aliphatic heterocycles. The van der Waals surface area contributed by atoms with Crippen molar-refractivity contribution in [2.45, 2.75) is 51.1 Å². The van der Waals surface area contributed by atoms with Crippen molar-refractivity contribution in [3.63, 3.8) is 0 Å². The Bertz CT molecular complexity index is 746. The highest BCUT2D eigenvalue weighted by atomic mass is 35.5. The molecule has 0 radical (unpaired) electrons. The van der Waals surface area contributed by atoms with Crippen LogP contribution in [0.2, 0.25) is 10.0 Å². The Morgan fingerprint density at radius 1 is 1.15 bits per heavy atom. The minimum Gasteiger partial charge on any atom is -0.341 e. The molecule has 0 aliphatic carbocycles. The van der Waals surface area contributed by atoms with Crippen LogP contribution >= 0.6 is 23.2 Å². The smallest absolute Gasteiger partial charge is 0.287 e. The first-order valence-corrected chi connectivity index (χ1v) is 9.74. The average molecular weight is 401 g/mol. The normalized spacial score (nSPS) is 20.0. The van der Waals surface area contributed by atoms with Gasteiger partial charge >= 0.3 is 0 Å². The van der Waals surface area contributed by atoms with Gasteiger partial charge < -0.3 is 9.80 Å². The molecule has 142 valence electrons. The Hall–Kier alpha value is -1.60. The van der Waals surface area contributed by atoms with E-state index in [9.17, 15) is 14.4 Å². The molecule has 3 rings (SSSR count). The summed E-state index contributed by atoms with van der Waals surface area (Å²) in [4.78, 5) is 40.7. The molecule has 9 heteroatoms. The molecule has 0 aromatic carbocycles. The molecule has 2 saturated heterocycles. The van der Waals surface area contributed by atoms with E-state index in [2.05, 4.69) is 5.10 Å². The number of hydrogen-bond donors (Lipinski definition) is 0. The fourth-order valence-corrected chi connectivity index (χ4v) is 3.87. The van der Waals surface area contributed by atoms with Gasteiger partial charge in [0, 0.05) is 32.6 Å². The maximum Gasteiger partial charge on any atom is 0.287 e. The second-order valence-corrected chi connectivity index (χ2v) is 7.50. The molecule has 0 saturated carbocycles. The molecule has 2 aliphatic rings. The van der Waals surface area contributed by atoms with E-state index in [0.29, 0.717) is 13.0 Å². The summed E-state index contributed by atoms with van der Waals surface area (Å²) in [7, 11) is 0. The van der Waals surface area contributed by atoms with Gasteiger partial charge in [0.15, 0.2) is 0 Å². The number of aromatic nitrogens is 2. The van der Waals surface area contributed by atoms with Crippen LogP contribution in [-0.4, -0.2) is 57.1 Å². The maximum atomic E-state index is 12.6. The number of aryl methyl sites for hydroxylation is 1. The van der Waals surface area contributed by atoms with Crippen LogP contribution in [0.25, 0.3) is 0 Å². The van der Waals surface area contributed by atoms with E-state index in [4.69, 9.17) is 23.2 Å². The van der Waals surface area contributed by atoms with Crippen molar-refractivity contribution in [1.29, 1.82) is 0 Å². The van der Waals surface area contributed by atoms with E-state index < -0.39 is 5.56 Å². The summed E-state index contributed by atoms with van der Waals surface area (Å²) in [5.41, 5.74) is -0.463. The highest BCUT2D eigenvalue weighted by molar-refractivity contribution is 6.41. The Labute approximate surface area is 161 Å². The van der Waals surface area contributed by atoms with Crippen LogP contribution in [0.3, 0.4) is 0 Å². The van der Waals surface area contributed by atoms with Crippen molar-refractivity contribution >= 4 is 35.0 Å². The molecule has 26 heavy (non-hydrogen) atoms. The van der Waals surface area contributed by atoms with Crippen LogP contribution in [0.1, 0.15) is 38.5 Å². The number of rotatable bonds is 5. The van der Waals surface area contributed by atoms with Gasteiger partial charge in [0.1, 0.15) is 11.1 Å². The van der Waals surface area contributed by atoms with Gasteiger partial charge in [-0.15, -0.1) is 0 Å². The van der Waals surface area contributed by atoms with Crippen LogP contribution in [0.5, 0.6) is 0 Å². The van der Waals surface area contributed by atoms with Crippen molar-refractivity contribution in [2.24, 2.45) is 0 Å². The predicted octanol–water partition coefficient (Wildman–Crippen LogP) is 1.94. The van der Waals surface area contributed by atoms with Gasteiger partial charge in [-0.1, -0.05) is 23.2 Å². The summed E-state index contributed by atoms with van der Waals surface area (Å²) in [5.74, 6) is 0.0314. The third kappa shape index (κ3) is 4.04. The van der Waals surface area contributed by atoms with E-state index in [0.717, 1.165) is 38.8 Å². The van der Waals surface area contributed by atoms with E-state index in [1.165, 1.54) is 10.9 Å². The molecule has 7 nitrogen and oxygen atoms in total. The zero-order chi connectivity index (χ0) is 18.7. The first kappa shape index (κ1) is 19.2. The van der Waals surface area contributed by atoms with Crippen molar-refractivity contribution in [3.8, 4) is 0 Å². The van der Waals surface area contributed by atoms with Crippen LogP contribution in [0.4, 0.5) is 0 Å². The fraction of sp³-hybridized carbons (Fsp3) is 0.647. The number of halogens is 2. The number of nitrogens with zero attached hydrogens (tertiary/aromatic N) is 4. The van der Waals surface area contributed by atoms with Gasteiger partial charge in [0.05, 0.1) is 11.2 Å². The van der Waals surface area contributed by atoms with Crippen LogP contribution in [0, 0.1) is 0 Å². The third-order valence-corrected chi connectivity index (χ3v) is 5.73. The molecule has 1 atom stereocenters. The van der Waals surface area contributed by atoms with Gasteiger partial charge in [-0.3, -0.25) is 14.4 Å². The predicted molar refractivity (Wildman–Crippen MR) is 98.3 cm³/mol. The van der Waals surface area contributed by atoms with Crippen molar-refractivity contribution in [1.82, 2.24) is 19.6 Å². The van der Waals surface area contributed by atoms with Crippen LogP contribution in [0.15, 0.2) is 11.0 Å². The topological polar surface area (TPSA) is 75.5 Å². The van der Waals surface area contributed by atoms with Gasteiger partial charge in [0.2, 0.25) is 11.8 Å². The molecule has 1 aromatic rings. The van der Waals surface area contributed by atoms with E-state index in [1.807, 2.05) is 4.90 Å². The minimum absolute atomic E-state index is 0.0480. The molecular formula is C17H22Cl2N4O3. The lowest BCUT2D eigenvalue weighted by Gasteiger charge is -2.27. The highest BCUT2D eigenvalue weighted by Gasteiger charge is 2.36. The summed E-state index contributed by atoms with van der Waals surface area (Å²) in [6.45, 7) is 2.49. The number of carbonyl (C=O) groups excluding carboxylic acids is 2. The molecule has 0 spiro atoms. The summed E-state index contributed by atoms with van der Waals surface area (Å²) in [6.07, 6.45) is 5.69.